The maximum absolute atomic E-state index is 12.2. The third-order valence-electron chi connectivity index (χ3n) is 3.90. The SMILES string of the molecule is C[C@@H](O)[C@H](NC(=O)OCc1ccccc1)C(=O)NCC(=O)OCc1ccccc1. The van der Waals surface area contributed by atoms with Gasteiger partial charge >= 0.3 is 12.1 Å². The lowest BCUT2D eigenvalue weighted by molar-refractivity contribution is -0.145. The van der Waals surface area contributed by atoms with Crippen molar-refractivity contribution in [2.75, 3.05) is 6.54 Å². The number of alkyl carbamates (subject to hydrolysis) is 1. The molecule has 8 nitrogen and oxygen atoms in total. The van der Waals surface area contributed by atoms with Gasteiger partial charge in [0.1, 0.15) is 25.8 Å². The fourth-order valence-corrected chi connectivity index (χ4v) is 2.36. The molecule has 0 saturated carbocycles. The van der Waals surface area contributed by atoms with E-state index in [0.717, 1.165) is 11.1 Å². The fourth-order valence-electron chi connectivity index (χ4n) is 2.36. The lowest BCUT2D eigenvalue weighted by Gasteiger charge is -2.20. The van der Waals surface area contributed by atoms with Crippen LogP contribution in [0.1, 0.15) is 18.1 Å². The summed E-state index contributed by atoms with van der Waals surface area (Å²) in [6.45, 7) is 1.05. The minimum absolute atomic E-state index is 0.0205. The van der Waals surface area contributed by atoms with E-state index in [-0.39, 0.29) is 13.2 Å². The predicted molar refractivity (Wildman–Crippen MR) is 104 cm³/mol. The van der Waals surface area contributed by atoms with Crippen LogP contribution in [0.2, 0.25) is 0 Å². The van der Waals surface area contributed by atoms with Crippen molar-refractivity contribution in [2.45, 2.75) is 32.3 Å². The highest BCUT2D eigenvalue weighted by molar-refractivity contribution is 5.88. The number of aliphatic hydroxyl groups excluding tert-OH is 1. The first-order valence-corrected chi connectivity index (χ1v) is 9.08. The molecule has 0 spiro atoms. The molecule has 154 valence electrons. The van der Waals surface area contributed by atoms with Crippen molar-refractivity contribution in [3.05, 3.63) is 71.8 Å². The summed E-state index contributed by atoms with van der Waals surface area (Å²) in [5.74, 6) is -1.37. The number of carbonyl (C=O) groups excluding carboxylic acids is 3. The summed E-state index contributed by atoms with van der Waals surface area (Å²) in [6.07, 6.45) is -2.05. The molecule has 0 radical (unpaired) electrons. The Hall–Kier alpha value is -3.39. The average Bonchev–Trinajstić information content (AvgIpc) is 2.74. The minimum Gasteiger partial charge on any atom is -0.460 e. The smallest absolute Gasteiger partial charge is 0.408 e. The van der Waals surface area contributed by atoms with Gasteiger partial charge in [-0.15, -0.1) is 0 Å². The molecule has 0 aliphatic carbocycles. The molecular formula is C21H24N2O6. The van der Waals surface area contributed by atoms with Crippen LogP contribution in [0.25, 0.3) is 0 Å². The van der Waals surface area contributed by atoms with E-state index in [1.165, 1.54) is 6.92 Å². The van der Waals surface area contributed by atoms with Crippen LogP contribution in [0.3, 0.4) is 0 Å². The molecular weight excluding hydrogens is 376 g/mol. The third-order valence-corrected chi connectivity index (χ3v) is 3.90. The second-order valence-corrected chi connectivity index (χ2v) is 6.29. The van der Waals surface area contributed by atoms with Crippen LogP contribution in [0.5, 0.6) is 0 Å². The highest BCUT2D eigenvalue weighted by Gasteiger charge is 2.26. The second kappa shape index (κ2) is 11.5. The number of hydrogen-bond acceptors (Lipinski definition) is 6. The van der Waals surface area contributed by atoms with Crippen molar-refractivity contribution < 1.29 is 29.0 Å². The highest BCUT2D eigenvalue weighted by atomic mass is 16.5. The molecule has 0 heterocycles. The van der Waals surface area contributed by atoms with Crippen molar-refractivity contribution in [1.82, 2.24) is 10.6 Å². The van der Waals surface area contributed by atoms with Crippen LogP contribution in [-0.2, 0) is 32.3 Å². The van der Waals surface area contributed by atoms with Gasteiger partial charge in [0, 0.05) is 0 Å². The van der Waals surface area contributed by atoms with E-state index in [2.05, 4.69) is 10.6 Å². The number of amides is 2. The summed E-state index contributed by atoms with van der Waals surface area (Å²) < 4.78 is 10.1. The number of benzene rings is 2. The number of rotatable bonds is 9. The van der Waals surface area contributed by atoms with Gasteiger partial charge in [0.05, 0.1) is 6.10 Å². The van der Waals surface area contributed by atoms with Crippen molar-refractivity contribution in [1.29, 1.82) is 0 Å². The van der Waals surface area contributed by atoms with Gasteiger partial charge in [0.25, 0.3) is 0 Å². The van der Waals surface area contributed by atoms with E-state index in [9.17, 15) is 19.5 Å². The molecule has 0 aromatic heterocycles. The quantitative estimate of drug-likeness (QED) is 0.550. The summed E-state index contributed by atoms with van der Waals surface area (Å²) in [5.41, 5.74) is 1.60. The molecule has 2 amide bonds. The second-order valence-electron chi connectivity index (χ2n) is 6.29. The Labute approximate surface area is 168 Å². The number of hydrogen-bond donors (Lipinski definition) is 3. The molecule has 0 saturated heterocycles. The van der Waals surface area contributed by atoms with E-state index in [4.69, 9.17) is 9.47 Å². The number of nitrogens with one attached hydrogen (secondary N) is 2. The van der Waals surface area contributed by atoms with Gasteiger partial charge in [-0.2, -0.15) is 0 Å². The van der Waals surface area contributed by atoms with Crippen LogP contribution >= 0.6 is 0 Å². The molecule has 0 unspecified atom stereocenters. The Morgan fingerprint density at radius 1 is 0.897 bits per heavy atom. The van der Waals surface area contributed by atoms with Crippen molar-refractivity contribution >= 4 is 18.0 Å². The van der Waals surface area contributed by atoms with Crippen molar-refractivity contribution in [2.24, 2.45) is 0 Å². The molecule has 2 aromatic carbocycles. The highest BCUT2D eigenvalue weighted by Crippen LogP contribution is 2.02. The van der Waals surface area contributed by atoms with Gasteiger partial charge in [0.2, 0.25) is 5.91 Å². The molecule has 3 N–H and O–H groups in total. The average molecular weight is 400 g/mol. The minimum atomic E-state index is -1.28. The lowest BCUT2D eigenvalue weighted by Crippen LogP contribution is -2.53. The number of aliphatic hydroxyl groups is 1. The molecule has 0 fully saturated rings. The summed E-state index contributed by atoms with van der Waals surface area (Å²) >= 11 is 0. The van der Waals surface area contributed by atoms with Crippen LogP contribution in [0, 0.1) is 0 Å². The largest absolute Gasteiger partial charge is 0.460 e. The van der Waals surface area contributed by atoms with E-state index in [1.807, 2.05) is 24.3 Å². The summed E-state index contributed by atoms with van der Waals surface area (Å²) in [7, 11) is 0. The van der Waals surface area contributed by atoms with E-state index in [0.29, 0.717) is 0 Å². The molecule has 0 aliphatic heterocycles. The zero-order valence-electron chi connectivity index (χ0n) is 16.0. The van der Waals surface area contributed by atoms with Crippen LogP contribution in [0.15, 0.2) is 60.7 Å². The Kier molecular flexibility index (Phi) is 8.65. The van der Waals surface area contributed by atoms with E-state index >= 15 is 0 Å². The van der Waals surface area contributed by atoms with E-state index in [1.54, 1.807) is 36.4 Å². The molecule has 2 atom stereocenters. The van der Waals surface area contributed by atoms with Gasteiger partial charge in [-0.05, 0) is 18.1 Å². The predicted octanol–water partition coefficient (Wildman–Crippen LogP) is 1.52. The lowest BCUT2D eigenvalue weighted by atomic mass is 10.1. The molecule has 29 heavy (non-hydrogen) atoms. The fraction of sp³-hybridized carbons (Fsp3) is 0.286. The zero-order chi connectivity index (χ0) is 21.1. The van der Waals surface area contributed by atoms with Crippen LogP contribution in [0.4, 0.5) is 4.79 Å². The number of ether oxygens (including phenoxy) is 2. The number of esters is 1. The van der Waals surface area contributed by atoms with Gasteiger partial charge in [-0.25, -0.2) is 4.79 Å². The van der Waals surface area contributed by atoms with Crippen LogP contribution < -0.4 is 10.6 Å². The molecule has 8 heteroatoms. The van der Waals surface area contributed by atoms with E-state index < -0.39 is 36.7 Å². The molecule has 0 aliphatic rings. The topological polar surface area (TPSA) is 114 Å². The molecule has 2 rings (SSSR count). The van der Waals surface area contributed by atoms with Crippen LogP contribution in [-0.4, -0.2) is 41.8 Å². The first-order valence-electron chi connectivity index (χ1n) is 9.08. The third kappa shape index (κ3) is 8.02. The Morgan fingerprint density at radius 2 is 1.41 bits per heavy atom. The van der Waals surface area contributed by atoms with Gasteiger partial charge in [0.15, 0.2) is 0 Å². The van der Waals surface area contributed by atoms with Crippen molar-refractivity contribution in [3.63, 3.8) is 0 Å². The molecule has 2 aromatic rings. The first-order chi connectivity index (χ1) is 14.0. The zero-order valence-corrected chi connectivity index (χ0v) is 16.0. The monoisotopic (exact) mass is 400 g/mol. The van der Waals surface area contributed by atoms with Crippen molar-refractivity contribution in [3.8, 4) is 0 Å². The number of carbonyl (C=O) groups is 3. The first kappa shape index (κ1) is 21.9. The van der Waals surface area contributed by atoms with Gasteiger partial charge < -0.3 is 25.2 Å². The normalized spacial score (nSPS) is 12.3. The summed E-state index contributed by atoms with van der Waals surface area (Å²) in [6, 6.07) is 16.8. The Bertz CT molecular complexity index is 795. The summed E-state index contributed by atoms with van der Waals surface area (Å²) in [4.78, 5) is 35.9. The Morgan fingerprint density at radius 3 is 1.93 bits per heavy atom. The maximum Gasteiger partial charge on any atom is 0.408 e. The molecule has 0 bridgehead atoms. The maximum atomic E-state index is 12.2. The Balaban J connectivity index is 1.76. The van der Waals surface area contributed by atoms with Gasteiger partial charge in [-0.1, -0.05) is 60.7 Å². The standard InChI is InChI=1S/C21H24N2O6/c1-15(24)19(23-21(27)29-14-17-10-6-3-7-11-17)20(26)22-12-18(25)28-13-16-8-4-2-5-9-16/h2-11,15,19,24H,12-14H2,1H3,(H,22,26)(H,23,27)/t15-,19+/m1/s1. The van der Waals surface area contributed by atoms with Gasteiger partial charge in [-0.3, -0.25) is 9.59 Å². The summed E-state index contributed by atoms with van der Waals surface area (Å²) in [5, 5.41) is 14.4.